The van der Waals surface area contributed by atoms with Crippen LogP contribution in [0.1, 0.15) is 17.5 Å². The van der Waals surface area contributed by atoms with E-state index in [-0.39, 0.29) is 16.7 Å². The summed E-state index contributed by atoms with van der Waals surface area (Å²) in [5, 5.41) is 21.7. The van der Waals surface area contributed by atoms with E-state index in [1.54, 1.807) is 30.3 Å². The number of nitrogens with zero attached hydrogens (tertiary/aromatic N) is 2. The monoisotopic (exact) mass is 419 g/mol. The van der Waals surface area contributed by atoms with Crippen LogP contribution in [-0.2, 0) is 10.0 Å². The summed E-state index contributed by atoms with van der Waals surface area (Å²) in [5.41, 5.74) is 3.51. The second-order valence-electron chi connectivity index (χ2n) is 7.02. The maximum absolute atomic E-state index is 11.6. The fraction of sp³-hybridized carbons (Fsp3) is 0.0870. The minimum absolute atomic E-state index is 0.0546. The Bertz CT molecular complexity index is 1200. The summed E-state index contributed by atoms with van der Waals surface area (Å²) in [6, 6.07) is 23.2. The highest BCUT2D eigenvalue weighted by Gasteiger charge is 2.27. The molecular formula is C23H21N3O3S. The van der Waals surface area contributed by atoms with Crippen molar-refractivity contribution in [2.45, 2.75) is 17.4 Å². The van der Waals surface area contributed by atoms with Gasteiger partial charge in [-0.1, -0.05) is 54.6 Å². The molecule has 0 radical (unpaired) electrons. The standard InChI is InChI=1S/C23H21N3O3S/c24-30(28,29)22-13-11-19(12-14-22)26-20(10-9-17-5-2-1-3-6-17)16-23(25-26)18-7-4-8-21(27)15-18/h1-15,20,27H,16H2,(H2,24,28,29)/b10-9+/t20-/m1/s1. The zero-order chi connectivity index (χ0) is 21.1. The Morgan fingerprint density at radius 3 is 2.40 bits per heavy atom. The van der Waals surface area contributed by atoms with E-state index in [0.29, 0.717) is 6.42 Å². The molecule has 6 nitrogen and oxygen atoms in total. The smallest absolute Gasteiger partial charge is 0.238 e. The van der Waals surface area contributed by atoms with Gasteiger partial charge in [-0.05, 0) is 42.0 Å². The van der Waals surface area contributed by atoms with Gasteiger partial charge in [0.1, 0.15) is 5.75 Å². The lowest BCUT2D eigenvalue weighted by molar-refractivity contribution is 0.475. The Morgan fingerprint density at radius 1 is 1.00 bits per heavy atom. The van der Waals surface area contributed by atoms with Crippen molar-refractivity contribution in [3.05, 3.63) is 96.1 Å². The predicted octanol–water partition coefficient (Wildman–Crippen LogP) is 3.74. The van der Waals surface area contributed by atoms with Gasteiger partial charge in [0, 0.05) is 12.0 Å². The molecule has 0 spiro atoms. The minimum Gasteiger partial charge on any atom is -0.508 e. The van der Waals surface area contributed by atoms with Crippen molar-refractivity contribution in [1.82, 2.24) is 0 Å². The maximum Gasteiger partial charge on any atom is 0.238 e. The molecule has 1 heterocycles. The van der Waals surface area contributed by atoms with E-state index >= 15 is 0 Å². The van der Waals surface area contributed by atoms with Crippen LogP contribution in [0.5, 0.6) is 5.75 Å². The summed E-state index contributed by atoms with van der Waals surface area (Å²) in [6.45, 7) is 0. The molecule has 0 saturated heterocycles. The van der Waals surface area contributed by atoms with E-state index in [1.165, 1.54) is 12.1 Å². The molecule has 0 amide bonds. The summed E-state index contributed by atoms with van der Waals surface area (Å²) >= 11 is 0. The van der Waals surface area contributed by atoms with Gasteiger partial charge in [-0.15, -0.1) is 0 Å². The molecule has 0 fully saturated rings. The molecule has 1 aliphatic heterocycles. The number of hydrogen-bond donors (Lipinski definition) is 2. The number of hydrogen-bond acceptors (Lipinski definition) is 5. The van der Waals surface area contributed by atoms with E-state index in [1.807, 2.05) is 47.5 Å². The van der Waals surface area contributed by atoms with Crippen LogP contribution in [-0.4, -0.2) is 25.3 Å². The number of primary sulfonamides is 1. The third kappa shape index (κ3) is 4.42. The number of anilines is 1. The van der Waals surface area contributed by atoms with Gasteiger partial charge >= 0.3 is 0 Å². The number of hydrazone groups is 1. The molecular weight excluding hydrogens is 398 g/mol. The molecule has 0 bridgehead atoms. The Hall–Kier alpha value is -3.42. The Kier molecular flexibility index (Phi) is 5.39. The minimum atomic E-state index is -3.76. The average molecular weight is 420 g/mol. The summed E-state index contributed by atoms with van der Waals surface area (Å²) < 4.78 is 23.1. The van der Waals surface area contributed by atoms with E-state index in [9.17, 15) is 13.5 Å². The normalized spacial score (nSPS) is 16.8. The molecule has 3 N–H and O–H groups in total. The van der Waals surface area contributed by atoms with E-state index < -0.39 is 10.0 Å². The van der Waals surface area contributed by atoms with Crippen LogP contribution in [0.2, 0.25) is 0 Å². The molecule has 3 aromatic rings. The number of nitrogens with two attached hydrogens (primary N) is 1. The van der Waals surface area contributed by atoms with E-state index in [0.717, 1.165) is 22.5 Å². The summed E-state index contributed by atoms with van der Waals surface area (Å²) in [7, 11) is -3.76. The molecule has 1 atom stereocenters. The lowest BCUT2D eigenvalue weighted by Crippen LogP contribution is -2.24. The number of rotatable bonds is 5. The second kappa shape index (κ2) is 8.14. The number of aromatic hydroxyl groups is 1. The number of benzene rings is 3. The van der Waals surface area contributed by atoms with Crippen LogP contribution in [0.3, 0.4) is 0 Å². The van der Waals surface area contributed by atoms with Gasteiger partial charge in [-0.2, -0.15) is 5.10 Å². The quantitative estimate of drug-likeness (QED) is 0.659. The molecule has 0 unspecified atom stereocenters. The summed E-state index contributed by atoms with van der Waals surface area (Å²) in [5.74, 6) is 0.183. The van der Waals surface area contributed by atoms with Gasteiger partial charge in [-0.25, -0.2) is 13.6 Å². The lowest BCUT2D eigenvalue weighted by Gasteiger charge is -2.21. The molecule has 152 valence electrons. The average Bonchev–Trinajstić information content (AvgIpc) is 3.17. The maximum atomic E-state index is 11.6. The predicted molar refractivity (Wildman–Crippen MR) is 119 cm³/mol. The van der Waals surface area contributed by atoms with Crippen molar-refractivity contribution in [3.8, 4) is 5.75 Å². The van der Waals surface area contributed by atoms with Crippen molar-refractivity contribution in [2.24, 2.45) is 10.2 Å². The largest absolute Gasteiger partial charge is 0.508 e. The molecule has 0 saturated carbocycles. The first-order valence-electron chi connectivity index (χ1n) is 9.42. The van der Waals surface area contributed by atoms with E-state index in [2.05, 4.69) is 6.08 Å². The number of sulfonamides is 1. The highest BCUT2D eigenvalue weighted by Crippen LogP contribution is 2.29. The van der Waals surface area contributed by atoms with Gasteiger partial charge in [0.05, 0.1) is 22.3 Å². The Labute approximate surface area is 175 Å². The molecule has 1 aliphatic rings. The van der Waals surface area contributed by atoms with Gasteiger partial charge in [0.2, 0.25) is 10.0 Å². The van der Waals surface area contributed by atoms with Gasteiger partial charge in [0.25, 0.3) is 0 Å². The van der Waals surface area contributed by atoms with Crippen LogP contribution in [0, 0.1) is 0 Å². The SMILES string of the molecule is NS(=O)(=O)c1ccc(N2N=C(c3cccc(O)c3)C[C@H]2/C=C/c2ccccc2)cc1. The third-order valence-corrected chi connectivity index (χ3v) is 5.79. The van der Waals surface area contributed by atoms with Gasteiger partial charge in [-0.3, -0.25) is 5.01 Å². The molecule has 0 aromatic heterocycles. The highest BCUT2D eigenvalue weighted by atomic mass is 32.2. The van der Waals surface area contributed by atoms with Crippen LogP contribution >= 0.6 is 0 Å². The van der Waals surface area contributed by atoms with Crippen LogP contribution in [0.15, 0.2) is 94.9 Å². The molecule has 7 heteroatoms. The van der Waals surface area contributed by atoms with Crippen LogP contribution in [0.4, 0.5) is 5.69 Å². The first kappa shape index (κ1) is 19.9. The second-order valence-corrected chi connectivity index (χ2v) is 8.58. The topological polar surface area (TPSA) is 96.0 Å². The number of phenolic OH excluding ortho intramolecular Hbond substituents is 1. The van der Waals surface area contributed by atoms with Crippen molar-refractivity contribution in [1.29, 1.82) is 0 Å². The lowest BCUT2D eigenvalue weighted by atomic mass is 10.0. The number of phenols is 1. The fourth-order valence-corrected chi connectivity index (χ4v) is 3.88. The van der Waals surface area contributed by atoms with E-state index in [4.69, 9.17) is 10.2 Å². The van der Waals surface area contributed by atoms with Crippen LogP contribution in [0.25, 0.3) is 6.08 Å². The van der Waals surface area contributed by atoms with Crippen molar-refractivity contribution in [2.75, 3.05) is 5.01 Å². The Balaban J connectivity index is 1.69. The zero-order valence-corrected chi connectivity index (χ0v) is 16.9. The van der Waals surface area contributed by atoms with Gasteiger partial charge in [0.15, 0.2) is 0 Å². The van der Waals surface area contributed by atoms with Gasteiger partial charge < -0.3 is 5.11 Å². The molecule has 30 heavy (non-hydrogen) atoms. The fourth-order valence-electron chi connectivity index (χ4n) is 3.36. The molecule has 4 rings (SSSR count). The third-order valence-electron chi connectivity index (χ3n) is 4.86. The molecule has 3 aromatic carbocycles. The summed E-state index contributed by atoms with van der Waals surface area (Å²) in [4.78, 5) is 0.0546. The Morgan fingerprint density at radius 2 is 1.73 bits per heavy atom. The molecule has 0 aliphatic carbocycles. The first-order chi connectivity index (χ1) is 14.4. The first-order valence-corrected chi connectivity index (χ1v) is 11.0. The van der Waals surface area contributed by atoms with Crippen LogP contribution < -0.4 is 10.1 Å². The summed E-state index contributed by atoms with van der Waals surface area (Å²) in [6.07, 6.45) is 4.75. The highest BCUT2D eigenvalue weighted by molar-refractivity contribution is 7.89. The van der Waals surface area contributed by atoms with Crippen molar-refractivity contribution >= 4 is 27.5 Å². The van der Waals surface area contributed by atoms with Crippen molar-refractivity contribution < 1.29 is 13.5 Å². The zero-order valence-electron chi connectivity index (χ0n) is 16.1. The van der Waals surface area contributed by atoms with Crippen molar-refractivity contribution in [3.63, 3.8) is 0 Å².